The maximum atomic E-state index is 12.0. The predicted molar refractivity (Wildman–Crippen MR) is 105 cm³/mol. The fourth-order valence-electron chi connectivity index (χ4n) is 3.83. The van der Waals surface area contributed by atoms with E-state index in [4.69, 9.17) is 0 Å². The Labute approximate surface area is 156 Å². The monoisotopic (exact) mass is 346 g/mol. The molecule has 1 saturated heterocycles. The molecule has 2 aromatic carbocycles. The maximum absolute atomic E-state index is 12.0. The van der Waals surface area contributed by atoms with Crippen molar-refractivity contribution < 1.29 is 4.79 Å². The van der Waals surface area contributed by atoms with Gasteiger partial charge < -0.3 is 4.90 Å². The molecule has 0 saturated carbocycles. The number of ketones is 1. The number of hydrogen-bond donors (Lipinski definition) is 0. The van der Waals surface area contributed by atoms with Crippen LogP contribution in [0.3, 0.4) is 0 Å². The lowest BCUT2D eigenvalue weighted by molar-refractivity contribution is 0.0982. The molecule has 1 unspecified atom stereocenters. The van der Waals surface area contributed by atoms with Gasteiger partial charge in [-0.15, -0.1) is 0 Å². The summed E-state index contributed by atoms with van der Waals surface area (Å²) in [5.74, 6) is 0.605. The molecule has 0 N–H and O–H groups in total. The largest absolute Gasteiger partial charge is 0.372 e. The van der Waals surface area contributed by atoms with E-state index in [-0.39, 0.29) is 11.7 Å². The Bertz CT molecular complexity index is 753. The van der Waals surface area contributed by atoms with Gasteiger partial charge in [0.1, 0.15) is 0 Å². The number of anilines is 1. The molecule has 0 spiro atoms. The summed E-state index contributed by atoms with van der Waals surface area (Å²) in [6, 6.07) is 20.7. The van der Waals surface area contributed by atoms with Crippen molar-refractivity contribution in [2.75, 3.05) is 18.0 Å². The van der Waals surface area contributed by atoms with Crippen LogP contribution in [0.1, 0.15) is 54.4 Å². The van der Waals surface area contributed by atoms with E-state index in [2.05, 4.69) is 35.2 Å². The van der Waals surface area contributed by atoms with Crippen LogP contribution < -0.4 is 4.90 Å². The van der Waals surface area contributed by atoms with Crippen molar-refractivity contribution >= 4 is 11.5 Å². The summed E-state index contributed by atoms with van der Waals surface area (Å²) in [5.41, 5.74) is 3.11. The summed E-state index contributed by atoms with van der Waals surface area (Å²) >= 11 is 0. The van der Waals surface area contributed by atoms with Crippen molar-refractivity contribution in [1.29, 1.82) is 5.26 Å². The minimum absolute atomic E-state index is 0.0209. The summed E-state index contributed by atoms with van der Waals surface area (Å²) in [6.45, 7) is 3.94. The van der Waals surface area contributed by atoms with Gasteiger partial charge in [-0.1, -0.05) is 37.3 Å². The van der Waals surface area contributed by atoms with Crippen LogP contribution in [0.25, 0.3) is 0 Å². The second-order valence-electron chi connectivity index (χ2n) is 7.06. The highest BCUT2D eigenvalue weighted by Gasteiger charge is 2.27. The van der Waals surface area contributed by atoms with Crippen LogP contribution in [0.5, 0.6) is 0 Å². The SMILES string of the molecule is CCCC(=O)c1ccc(N2CCC(C(C#N)c3ccccc3)CC2)cc1. The average molecular weight is 346 g/mol. The number of nitriles is 1. The standard InChI is InChI=1S/C23H26N2O/c1-2-6-23(26)20-9-11-21(12-10-20)25-15-13-19(14-16-25)22(17-24)18-7-4-3-5-8-18/h3-5,7-12,19,22H,2,6,13-16H2,1H3. The molecule has 0 aromatic heterocycles. The molecule has 1 aliphatic heterocycles. The normalized spacial score (nSPS) is 16.1. The maximum Gasteiger partial charge on any atom is 0.162 e. The number of carbonyl (C=O) groups excluding carboxylic acids is 1. The third kappa shape index (κ3) is 4.14. The number of benzene rings is 2. The molecule has 134 valence electrons. The molecule has 3 nitrogen and oxygen atoms in total. The van der Waals surface area contributed by atoms with E-state index in [9.17, 15) is 10.1 Å². The van der Waals surface area contributed by atoms with E-state index < -0.39 is 0 Å². The second-order valence-corrected chi connectivity index (χ2v) is 7.06. The van der Waals surface area contributed by atoms with Crippen molar-refractivity contribution in [2.24, 2.45) is 5.92 Å². The molecule has 1 heterocycles. The van der Waals surface area contributed by atoms with Gasteiger partial charge in [0.15, 0.2) is 5.78 Å². The van der Waals surface area contributed by atoms with Crippen molar-refractivity contribution in [1.82, 2.24) is 0 Å². The third-order valence-electron chi connectivity index (χ3n) is 5.34. The Balaban J connectivity index is 1.61. The van der Waals surface area contributed by atoms with E-state index in [1.165, 1.54) is 5.69 Å². The Hall–Kier alpha value is -2.60. The van der Waals surface area contributed by atoms with Gasteiger partial charge in [0.2, 0.25) is 0 Å². The molecular formula is C23H26N2O. The second kappa shape index (κ2) is 8.67. The number of rotatable bonds is 6. The van der Waals surface area contributed by atoms with Crippen LogP contribution in [-0.4, -0.2) is 18.9 Å². The fraction of sp³-hybridized carbons (Fsp3) is 0.391. The lowest BCUT2D eigenvalue weighted by atomic mass is 9.81. The molecule has 1 aliphatic rings. The van der Waals surface area contributed by atoms with Crippen LogP contribution in [-0.2, 0) is 0 Å². The average Bonchev–Trinajstić information content (AvgIpc) is 2.70. The van der Waals surface area contributed by atoms with Crippen molar-refractivity contribution in [3.05, 3.63) is 65.7 Å². The number of nitrogens with zero attached hydrogens (tertiary/aromatic N) is 2. The van der Waals surface area contributed by atoms with Gasteiger partial charge in [0, 0.05) is 30.8 Å². The van der Waals surface area contributed by atoms with Crippen LogP contribution in [0.15, 0.2) is 54.6 Å². The van der Waals surface area contributed by atoms with Gasteiger partial charge in [-0.3, -0.25) is 4.79 Å². The van der Waals surface area contributed by atoms with Gasteiger partial charge in [0.05, 0.1) is 12.0 Å². The molecule has 0 bridgehead atoms. The highest BCUT2D eigenvalue weighted by atomic mass is 16.1. The van der Waals surface area contributed by atoms with Gasteiger partial charge in [-0.25, -0.2) is 0 Å². The molecule has 0 radical (unpaired) electrons. The van der Waals surface area contributed by atoms with Crippen LogP contribution >= 0.6 is 0 Å². The molecule has 2 aromatic rings. The molecule has 26 heavy (non-hydrogen) atoms. The Morgan fingerprint density at radius 1 is 1.12 bits per heavy atom. The summed E-state index contributed by atoms with van der Waals surface area (Å²) < 4.78 is 0. The Kier molecular flexibility index (Phi) is 6.07. The topological polar surface area (TPSA) is 44.1 Å². The quantitative estimate of drug-likeness (QED) is 0.676. The van der Waals surface area contributed by atoms with Gasteiger partial charge in [-0.05, 0) is 55.0 Å². The third-order valence-corrected chi connectivity index (χ3v) is 5.34. The van der Waals surface area contributed by atoms with E-state index in [0.29, 0.717) is 12.3 Å². The zero-order chi connectivity index (χ0) is 18.4. The Morgan fingerprint density at radius 3 is 2.35 bits per heavy atom. The van der Waals surface area contributed by atoms with Crippen LogP contribution in [0.4, 0.5) is 5.69 Å². The summed E-state index contributed by atoms with van der Waals surface area (Å²) in [7, 11) is 0. The molecule has 0 aliphatic carbocycles. The molecule has 1 atom stereocenters. The summed E-state index contributed by atoms with van der Waals surface area (Å²) in [4.78, 5) is 14.3. The first-order valence-electron chi connectivity index (χ1n) is 9.55. The molecule has 0 amide bonds. The molecule has 1 fully saturated rings. The predicted octanol–water partition coefficient (Wildman–Crippen LogP) is 5.19. The first-order chi connectivity index (χ1) is 12.7. The minimum atomic E-state index is -0.0209. The number of Topliss-reactive ketones (excluding diaryl/α,β-unsaturated/α-hetero) is 1. The van der Waals surface area contributed by atoms with Crippen LogP contribution in [0, 0.1) is 17.2 Å². The summed E-state index contributed by atoms with van der Waals surface area (Å²) in [5, 5.41) is 9.65. The van der Waals surface area contributed by atoms with E-state index in [0.717, 1.165) is 43.5 Å². The smallest absolute Gasteiger partial charge is 0.162 e. The van der Waals surface area contributed by atoms with Gasteiger partial charge in [0.25, 0.3) is 0 Å². The summed E-state index contributed by atoms with van der Waals surface area (Å²) in [6.07, 6.45) is 3.53. The van der Waals surface area contributed by atoms with E-state index in [1.54, 1.807) is 0 Å². The first kappa shape index (κ1) is 18.2. The molecular weight excluding hydrogens is 320 g/mol. The number of hydrogen-bond acceptors (Lipinski definition) is 3. The molecule has 3 heteroatoms. The van der Waals surface area contributed by atoms with E-state index in [1.807, 2.05) is 37.3 Å². The highest BCUT2D eigenvalue weighted by Crippen LogP contribution is 2.33. The molecule has 3 rings (SSSR count). The Morgan fingerprint density at radius 2 is 1.77 bits per heavy atom. The van der Waals surface area contributed by atoms with Crippen molar-refractivity contribution in [3.63, 3.8) is 0 Å². The fourth-order valence-corrected chi connectivity index (χ4v) is 3.83. The lowest BCUT2D eigenvalue weighted by Crippen LogP contribution is -2.35. The minimum Gasteiger partial charge on any atom is -0.372 e. The highest BCUT2D eigenvalue weighted by molar-refractivity contribution is 5.96. The first-order valence-corrected chi connectivity index (χ1v) is 9.55. The zero-order valence-electron chi connectivity index (χ0n) is 15.4. The lowest BCUT2D eigenvalue weighted by Gasteiger charge is -2.35. The number of piperidine rings is 1. The number of carbonyl (C=O) groups is 1. The van der Waals surface area contributed by atoms with Crippen LogP contribution in [0.2, 0.25) is 0 Å². The zero-order valence-corrected chi connectivity index (χ0v) is 15.4. The van der Waals surface area contributed by atoms with E-state index >= 15 is 0 Å². The van der Waals surface area contributed by atoms with Gasteiger partial charge in [-0.2, -0.15) is 5.26 Å². The van der Waals surface area contributed by atoms with Crippen molar-refractivity contribution in [3.8, 4) is 6.07 Å². The van der Waals surface area contributed by atoms with Crippen molar-refractivity contribution in [2.45, 2.75) is 38.5 Å². The van der Waals surface area contributed by atoms with Gasteiger partial charge >= 0.3 is 0 Å².